The predicted molar refractivity (Wildman–Crippen MR) is 90.7 cm³/mol. The number of nitrogens with two attached hydrogens (primary N) is 1. The molecule has 5 nitrogen and oxygen atoms in total. The van der Waals surface area contributed by atoms with E-state index in [4.69, 9.17) is 10.5 Å². The van der Waals surface area contributed by atoms with Gasteiger partial charge in [-0.3, -0.25) is 4.79 Å². The number of benzene rings is 1. The fourth-order valence-corrected chi connectivity index (χ4v) is 2.64. The summed E-state index contributed by atoms with van der Waals surface area (Å²) in [6, 6.07) is 9.76. The van der Waals surface area contributed by atoms with Crippen LogP contribution in [0.5, 0.6) is 0 Å². The summed E-state index contributed by atoms with van der Waals surface area (Å²) in [5, 5.41) is 0. The van der Waals surface area contributed by atoms with E-state index in [1.165, 1.54) is 6.92 Å². The van der Waals surface area contributed by atoms with Gasteiger partial charge in [-0.25, -0.2) is 4.79 Å². The van der Waals surface area contributed by atoms with E-state index in [2.05, 4.69) is 6.92 Å². The summed E-state index contributed by atoms with van der Waals surface area (Å²) in [7, 11) is 0. The van der Waals surface area contributed by atoms with Gasteiger partial charge in [0, 0.05) is 13.5 Å². The third kappa shape index (κ3) is 7.17. The molecular weight excluding hydrogens is 292 g/mol. The van der Waals surface area contributed by atoms with Crippen LogP contribution in [0.1, 0.15) is 52.0 Å². The van der Waals surface area contributed by atoms with Crippen LogP contribution in [0.2, 0.25) is 0 Å². The standard InChI is InChI=1S/C18H28N2O3/c1-4-5-9-12-18(3,23-17(19)22)14-20(15(2)21)13-16-10-7-6-8-11-16/h6-8,10-11H,4-5,9,12-14H2,1-3H3,(H2,19,22). The molecule has 0 aromatic heterocycles. The van der Waals surface area contributed by atoms with E-state index in [0.717, 1.165) is 24.8 Å². The molecule has 0 fully saturated rings. The van der Waals surface area contributed by atoms with Gasteiger partial charge in [-0.15, -0.1) is 0 Å². The Hall–Kier alpha value is -2.04. The molecule has 23 heavy (non-hydrogen) atoms. The average molecular weight is 320 g/mol. The van der Waals surface area contributed by atoms with Crippen molar-refractivity contribution in [2.24, 2.45) is 5.73 Å². The first kappa shape index (κ1) is 19.0. The highest BCUT2D eigenvalue weighted by molar-refractivity contribution is 5.73. The number of carbonyl (C=O) groups excluding carboxylic acids is 2. The van der Waals surface area contributed by atoms with Gasteiger partial charge in [-0.05, 0) is 25.3 Å². The number of nitrogens with zero attached hydrogens (tertiary/aromatic N) is 1. The quantitative estimate of drug-likeness (QED) is 0.708. The minimum Gasteiger partial charge on any atom is -0.442 e. The predicted octanol–water partition coefficient (Wildman–Crippen LogP) is 3.47. The lowest BCUT2D eigenvalue weighted by molar-refractivity contribution is -0.133. The van der Waals surface area contributed by atoms with Crippen LogP contribution >= 0.6 is 0 Å². The van der Waals surface area contributed by atoms with E-state index in [1.54, 1.807) is 4.90 Å². The number of hydrogen-bond acceptors (Lipinski definition) is 3. The molecule has 1 aromatic rings. The zero-order valence-corrected chi connectivity index (χ0v) is 14.4. The maximum Gasteiger partial charge on any atom is 0.405 e. The van der Waals surface area contributed by atoms with Crippen LogP contribution in [-0.4, -0.2) is 29.0 Å². The van der Waals surface area contributed by atoms with E-state index in [-0.39, 0.29) is 5.91 Å². The van der Waals surface area contributed by atoms with Crippen molar-refractivity contribution in [3.05, 3.63) is 35.9 Å². The van der Waals surface area contributed by atoms with Crippen LogP contribution in [0.15, 0.2) is 30.3 Å². The summed E-state index contributed by atoms with van der Waals surface area (Å²) < 4.78 is 5.35. The maximum atomic E-state index is 12.0. The number of primary amides is 1. The van der Waals surface area contributed by atoms with Crippen LogP contribution in [0.3, 0.4) is 0 Å². The van der Waals surface area contributed by atoms with Crippen LogP contribution in [0.25, 0.3) is 0 Å². The Morgan fingerprint density at radius 1 is 1.22 bits per heavy atom. The fourth-order valence-electron chi connectivity index (χ4n) is 2.64. The fraction of sp³-hybridized carbons (Fsp3) is 0.556. The molecule has 0 heterocycles. The highest BCUT2D eigenvalue weighted by Gasteiger charge is 2.31. The maximum absolute atomic E-state index is 12.0. The molecule has 1 atom stereocenters. The second-order valence-corrected chi connectivity index (χ2v) is 6.19. The summed E-state index contributed by atoms with van der Waals surface area (Å²) >= 11 is 0. The van der Waals surface area contributed by atoms with Crippen LogP contribution in [-0.2, 0) is 16.1 Å². The Labute approximate surface area is 138 Å². The third-order valence-electron chi connectivity index (χ3n) is 3.84. The second kappa shape index (κ2) is 9.18. The van der Waals surface area contributed by atoms with Gasteiger partial charge in [0.15, 0.2) is 0 Å². The number of carbonyl (C=O) groups is 2. The van der Waals surface area contributed by atoms with Crippen molar-refractivity contribution in [1.29, 1.82) is 0 Å². The summed E-state index contributed by atoms with van der Waals surface area (Å²) in [4.78, 5) is 24.9. The number of rotatable bonds is 9. The number of hydrogen-bond donors (Lipinski definition) is 1. The van der Waals surface area contributed by atoms with E-state index >= 15 is 0 Å². The minimum absolute atomic E-state index is 0.0522. The summed E-state index contributed by atoms with van der Waals surface area (Å²) in [5.74, 6) is -0.0522. The lowest BCUT2D eigenvalue weighted by Crippen LogP contribution is -2.46. The molecule has 0 aliphatic rings. The van der Waals surface area contributed by atoms with Crippen LogP contribution in [0.4, 0.5) is 4.79 Å². The van der Waals surface area contributed by atoms with E-state index < -0.39 is 11.7 Å². The second-order valence-electron chi connectivity index (χ2n) is 6.19. The minimum atomic E-state index is -0.799. The first-order chi connectivity index (χ1) is 10.9. The van der Waals surface area contributed by atoms with E-state index in [0.29, 0.717) is 19.5 Å². The van der Waals surface area contributed by atoms with Crippen LogP contribution in [0, 0.1) is 0 Å². The summed E-state index contributed by atoms with van der Waals surface area (Å²) in [6.45, 7) is 6.31. The first-order valence-corrected chi connectivity index (χ1v) is 8.14. The van der Waals surface area contributed by atoms with Gasteiger partial charge >= 0.3 is 6.09 Å². The molecule has 2 amide bonds. The topological polar surface area (TPSA) is 72.6 Å². The summed E-state index contributed by atoms with van der Waals surface area (Å²) in [6.07, 6.45) is 2.94. The number of unbranched alkanes of at least 4 members (excludes halogenated alkanes) is 2. The first-order valence-electron chi connectivity index (χ1n) is 8.14. The molecular formula is C18H28N2O3. The molecule has 1 aromatic carbocycles. The Morgan fingerprint density at radius 2 is 1.87 bits per heavy atom. The molecule has 0 aliphatic heterocycles. The monoisotopic (exact) mass is 320 g/mol. The Kier molecular flexibility index (Phi) is 7.59. The normalized spacial score (nSPS) is 13.2. The Bertz CT molecular complexity index is 504. The zero-order chi connectivity index (χ0) is 17.3. The number of ether oxygens (including phenoxy) is 1. The van der Waals surface area contributed by atoms with Crippen molar-refractivity contribution in [1.82, 2.24) is 4.90 Å². The van der Waals surface area contributed by atoms with Crippen molar-refractivity contribution < 1.29 is 14.3 Å². The molecule has 0 bridgehead atoms. The molecule has 1 rings (SSSR count). The Morgan fingerprint density at radius 3 is 2.39 bits per heavy atom. The molecule has 0 saturated heterocycles. The largest absolute Gasteiger partial charge is 0.442 e. The smallest absolute Gasteiger partial charge is 0.405 e. The molecule has 128 valence electrons. The molecule has 1 unspecified atom stereocenters. The SMILES string of the molecule is CCCCCC(C)(CN(Cc1ccccc1)C(C)=O)OC(N)=O. The van der Waals surface area contributed by atoms with Crippen molar-refractivity contribution in [3.8, 4) is 0 Å². The third-order valence-corrected chi connectivity index (χ3v) is 3.84. The van der Waals surface area contributed by atoms with E-state index in [9.17, 15) is 9.59 Å². The molecule has 0 saturated carbocycles. The van der Waals surface area contributed by atoms with Gasteiger partial charge in [0.2, 0.25) is 5.91 Å². The van der Waals surface area contributed by atoms with Crippen molar-refractivity contribution >= 4 is 12.0 Å². The Balaban J connectivity index is 2.82. The van der Waals surface area contributed by atoms with Gasteiger partial charge in [0.1, 0.15) is 5.60 Å². The molecule has 2 N–H and O–H groups in total. The lowest BCUT2D eigenvalue weighted by atomic mass is 9.97. The summed E-state index contributed by atoms with van der Waals surface area (Å²) in [5.41, 5.74) is 5.50. The van der Waals surface area contributed by atoms with E-state index in [1.807, 2.05) is 37.3 Å². The number of amides is 2. The zero-order valence-electron chi connectivity index (χ0n) is 14.4. The van der Waals surface area contributed by atoms with Gasteiger partial charge in [0.25, 0.3) is 0 Å². The molecule has 0 radical (unpaired) electrons. The van der Waals surface area contributed by atoms with Crippen molar-refractivity contribution in [2.45, 2.75) is 58.6 Å². The van der Waals surface area contributed by atoms with Gasteiger partial charge < -0.3 is 15.4 Å². The lowest BCUT2D eigenvalue weighted by Gasteiger charge is -2.34. The highest BCUT2D eigenvalue weighted by Crippen LogP contribution is 2.22. The van der Waals surface area contributed by atoms with Gasteiger partial charge in [0.05, 0.1) is 6.54 Å². The highest BCUT2D eigenvalue weighted by atomic mass is 16.6. The average Bonchev–Trinajstić information content (AvgIpc) is 2.47. The molecule has 0 aliphatic carbocycles. The van der Waals surface area contributed by atoms with Gasteiger partial charge in [-0.1, -0.05) is 50.1 Å². The van der Waals surface area contributed by atoms with Crippen molar-refractivity contribution in [3.63, 3.8) is 0 Å². The molecule has 5 heteroatoms. The molecule has 0 spiro atoms. The van der Waals surface area contributed by atoms with Gasteiger partial charge in [-0.2, -0.15) is 0 Å². The van der Waals surface area contributed by atoms with Crippen molar-refractivity contribution in [2.75, 3.05) is 6.54 Å². The van der Waals surface area contributed by atoms with Crippen LogP contribution < -0.4 is 5.73 Å².